The van der Waals surface area contributed by atoms with E-state index in [4.69, 9.17) is 0 Å². The lowest BCUT2D eigenvalue weighted by molar-refractivity contribution is 0.478. The predicted octanol–water partition coefficient (Wildman–Crippen LogP) is 3.01. The van der Waals surface area contributed by atoms with Crippen molar-refractivity contribution in [1.29, 1.82) is 0 Å². The quantitative estimate of drug-likeness (QED) is 0.911. The van der Waals surface area contributed by atoms with Crippen molar-refractivity contribution in [1.82, 2.24) is 15.3 Å². The lowest BCUT2D eigenvalue weighted by atomic mass is 10.1. The smallest absolute Gasteiger partial charge is 0.161 e. The molecule has 1 fully saturated rings. The molecule has 0 saturated carbocycles. The Kier molecular flexibility index (Phi) is 4.63. The van der Waals surface area contributed by atoms with E-state index in [0.717, 1.165) is 49.4 Å². The fourth-order valence-corrected chi connectivity index (χ4v) is 2.66. The van der Waals surface area contributed by atoms with Crippen molar-refractivity contribution in [3.63, 3.8) is 0 Å². The van der Waals surface area contributed by atoms with Gasteiger partial charge in [-0.1, -0.05) is 6.92 Å². The summed E-state index contributed by atoms with van der Waals surface area (Å²) in [4.78, 5) is 9.17. The molecule has 1 aliphatic rings. The van der Waals surface area contributed by atoms with Crippen LogP contribution in [0.15, 0.2) is 30.3 Å². The number of rotatable bonds is 4. The van der Waals surface area contributed by atoms with Gasteiger partial charge in [0.05, 0.1) is 0 Å². The second-order valence-corrected chi connectivity index (χ2v) is 5.60. The maximum Gasteiger partial charge on any atom is 0.161 e. The van der Waals surface area contributed by atoms with Crippen molar-refractivity contribution in [2.45, 2.75) is 32.2 Å². The Labute approximate surface area is 130 Å². The van der Waals surface area contributed by atoms with Crippen LogP contribution in [0.25, 0.3) is 11.4 Å². The summed E-state index contributed by atoms with van der Waals surface area (Å²) >= 11 is 0. The Morgan fingerprint density at radius 1 is 1.18 bits per heavy atom. The Morgan fingerprint density at radius 2 is 1.91 bits per heavy atom. The Bertz CT molecular complexity index is 621. The largest absolute Gasteiger partial charge is 0.367 e. The Hall–Kier alpha value is -2.01. The van der Waals surface area contributed by atoms with Gasteiger partial charge in [0.25, 0.3) is 0 Å². The zero-order chi connectivity index (χ0) is 15.4. The lowest BCUT2D eigenvalue weighted by Gasteiger charge is -2.24. The van der Waals surface area contributed by atoms with Crippen LogP contribution in [0.5, 0.6) is 0 Å². The van der Waals surface area contributed by atoms with E-state index >= 15 is 0 Å². The molecule has 0 spiro atoms. The van der Waals surface area contributed by atoms with E-state index in [1.807, 2.05) is 6.07 Å². The topological polar surface area (TPSA) is 49.8 Å². The molecule has 0 radical (unpaired) electrons. The monoisotopic (exact) mass is 300 g/mol. The van der Waals surface area contributed by atoms with Gasteiger partial charge in [-0.05, 0) is 56.6 Å². The summed E-state index contributed by atoms with van der Waals surface area (Å²) in [6, 6.07) is 8.78. The van der Waals surface area contributed by atoms with Crippen LogP contribution in [-0.2, 0) is 6.42 Å². The van der Waals surface area contributed by atoms with Gasteiger partial charge < -0.3 is 10.6 Å². The highest BCUT2D eigenvalue weighted by molar-refractivity contribution is 5.57. The Balaban J connectivity index is 1.86. The van der Waals surface area contributed by atoms with E-state index < -0.39 is 0 Å². The van der Waals surface area contributed by atoms with Crippen molar-refractivity contribution in [2.75, 3.05) is 18.4 Å². The van der Waals surface area contributed by atoms with Gasteiger partial charge in [-0.15, -0.1) is 0 Å². The highest BCUT2D eigenvalue weighted by Crippen LogP contribution is 2.20. The highest BCUT2D eigenvalue weighted by atomic mass is 19.1. The minimum atomic E-state index is -0.247. The van der Waals surface area contributed by atoms with E-state index in [-0.39, 0.29) is 5.82 Å². The number of halogens is 1. The van der Waals surface area contributed by atoms with Crippen LogP contribution in [0, 0.1) is 5.82 Å². The van der Waals surface area contributed by atoms with Crippen LogP contribution in [0.4, 0.5) is 10.2 Å². The van der Waals surface area contributed by atoms with E-state index in [1.54, 1.807) is 12.1 Å². The highest BCUT2D eigenvalue weighted by Gasteiger charge is 2.14. The third-order valence-corrected chi connectivity index (χ3v) is 3.94. The SMILES string of the molecule is CCc1cc(NC2CCNCC2)nc(-c2ccc(F)cc2)n1. The Morgan fingerprint density at radius 3 is 2.59 bits per heavy atom. The first-order valence-electron chi connectivity index (χ1n) is 7.86. The minimum Gasteiger partial charge on any atom is -0.367 e. The van der Waals surface area contributed by atoms with Crippen molar-refractivity contribution in [2.24, 2.45) is 0 Å². The number of piperidine rings is 1. The first-order chi connectivity index (χ1) is 10.7. The van der Waals surface area contributed by atoms with Crippen molar-refractivity contribution in [3.8, 4) is 11.4 Å². The minimum absolute atomic E-state index is 0.247. The zero-order valence-electron chi connectivity index (χ0n) is 12.8. The molecular weight excluding hydrogens is 279 g/mol. The second kappa shape index (κ2) is 6.83. The molecule has 5 heteroatoms. The number of nitrogens with one attached hydrogen (secondary N) is 2. The maximum atomic E-state index is 13.1. The molecule has 0 amide bonds. The van der Waals surface area contributed by atoms with Crippen LogP contribution in [0.1, 0.15) is 25.5 Å². The molecule has 0 bridgehead atoms. The molecule has 3 rings (SSSR count). The van der Waals surface area contributed by atoms with Gasteiger partial charge in [0.15, 0.2) is 5.82 Å². The number of aromatic nitrogens is 2. The van der Waals surface area contributed by atoms with Gasteiger partial charge >= 0.3 is 0 Å². The van der Waals surface area contributed by atoms with E-state index in [1.165, 1.54) is 12.1 Å². The van der Waals surface area contributed by atoms with E-state index in [9.17, 15) is 4.39 Å². The van der Waals surface area contributed by atoms with Gasteiger partial charge in [0.2, 0.25) is 0 Å². The van der Waals surface area contributed by atoms with Gasteiger partial charge in [-0.25, -0.2) is 14.4 Å². The number of aryl methyl sites for hydroxylation is 1. The van der Waals surface area contributed by atoms with Crippen LogP contribution >= 0.6 is 0 Å². The first-order valence-corrected chi connectivity index (χ1v) is 7.86. The summed E-state index contributed by atoms with van der Waals surface area (Å²) in [5.41, 5.74) is 1.83. The molecular formula is C17H21FN4. The number of nitrogens with zero attached hydrogens (tertiary/aromatic N) is 2. The van der Waals surface area contributed by atoms with Crippen LogP contribution in [0.3, 0.4) is 0 Å². The molecule has 1 aromatic heterocycles. The third kappa shape index (κ3) is 3.60. The number of anilines is 1. The molecule has 22 heavy (non-hydrogen) atoms. The van der Waals surface area contributed by atoms with Crippen molar-refractivity contribution >= 4 is 5.82 Å². The van der Waals surface area contributed by atoms with E-state index in [0.29, 0.717) is 11.9 Å². The third-order valence-electron chi connectivity index (χ3n) is 3.94. The number of hydrogen-bond donors (Lipinski definition) is 2. The molecule has 2 N–H and O–H groups in total. The van der Waals surface area contributed by atoms with Gasteiger partial charge in [0, 0.05) is 23.4 Å². The summed E-state index contributed by atoms with van der Waals surface area (Å²) in [7, 11) is 0. The lowest BCUT2D eigenvalue weighted by Crippen LogP contribution is -2.35. The zero-order valence-corrected chi connectivity index (χ0v) is 12.8. The fourth-order valence-electron chi connectivity index (χ4n) is 2.66. The first kappa shape index (κ1) is 14.9. The fraction of sp³-hybridized carbons (Fsp3) is 0.412. The average molecular weight is 300 g/mol. The van der Waals surface area contributed by atoms with Crippen LogP contribution in [0.2, 0.25) is 0 Å². The molecule has 2 aromatic rings. The maximum absolute atomic E-state index is 13.1. The molecule has 0 atom stereocenters. The second-order valence-electron chi connectivity index (χ2n) is 5.60. The predicted molar refractivity (Wildman–Crippen MR) is 86.3 cm³/mol. The molecule has 1 aromatic carbocycles. The van der Waals surface area contributed by atoms with Crippen molar-refractivity contribution in [3.05, 3.63) is 41.8 Å². The van der Waals surface area contributed by atoms with Crippen LogP contribution < -0.4 is 10.6 Å². The molecule has 0 aliphatic carbocycles. The molecule has 4 nitrogen and oxygen atoms in total. The summed E-state index contributed by atoms with van der Waals surface area (Å²) < 4.78 is 13.1. The molecule has 0 unspecified atom stereocenters. The standard InChI is InChI=1S/C17H21FN4/c1-2-14-11-16(20-15-7-9-19-10-8-15)22-17(21-14)12-3-5-13(18)6-4-12/h3-6,11,15,19H,2,7-10H2,1H3,(H,20,21,22). The molecule has 1 aliphatic heterocycles. The summed E-state index contributed by atoms with van der Waals surface area (Å²) in [5, 5.41) is 6.87. The van der Waals surface area contributed by atoms with E-state index in [2.05, 4.69) is 27.5 Å². The summed E-state index contributed by atoms with van der Waals surface area (Å²) in [6.45, 7) is 4.15. The number of benzene rings is 1. The summed E-state index contributed by atoms with van der Waals surface area (Å²) in [5.74, 6) is 1.26. The van der Waals surface area contributed by atoms with Gasteiger partial charge in [-0.2, -0.15) is 0 Å². The number of hydrogen-bond acceptors (Lipinski definition) is 4. The molecule has 116 valence electrons. The summed E-state index contributed by atoms with van der Waals surface area (Å²) in [6.07, 6.45) is 3.03. The normalized spacial score (nSPS) is 15.7. The van der Waals surface area contributed by atoms with Gasteiger partial charge in [0.1, 0.15) is 11.6 Å². The van der Waals surface area contributed by atoms with Crippen molar-refractivity contribution < 1.29 is 4.39 Å². The molecule has 1 saturated heterocycles. The van der Waals surface area contributed by atoms with Gasteiger partial charge in [-0.3, -0.25) is 0 Å². The van der Waals surface area contributed by atoms with Crippen LogP contribution in [-0.4, -0.2) is 29.1 Å². The average Bonchev–Trinajstić information content (AvgIpc) is 2.56. The molecule has 2 heterocycles.